The molecule has 0 aromatic heterocycles. The Labute approximate surface area is 127 Å². The zero-order valence-corrected chi connectivity index (χ0v) is 11.8. The molecule has 7 nitrogen and oxygen atoms in total. The molecule has 0 spiro atoms. The largest absolute Gasteiger partial charge is 0.508 e. The number of hydrogen-bond donors (Lipinski definition) is 4. The van der Waals surface area contributed by atoms with Gasteiger partial charge in [-0.05, 0) is 36.4 Å². The van der Waals surface area contributed by atoms with Crippen LogP contribution in [0.2, 0.25) is 0 Å². The summed E-state index contributed by atoms with van der Waals surface area (Å²) in [6.45, 7) is 0.135. The number of aromatic hydroxyl groups is 1. The topological polar surface area (TPSA) is 134 Å². The smallest absolute Gasteiger partial charge is 0.340 e. The molecule has 2 aromatic rings. The predicted molar refractivity (Wildman–Crippen MR) is 83.6 cm³/mol. The highest BCUT2D eigenvalue weighted by Gasteiger charge is 2.12. The third-order valence-electron chi connectivity index (χ3n) is 2.86. The Morgan fingerprint density at radius 3 is 2.50 bits per heavy atom. The van der Waals surface area contributed by atoms with E-state index in [2.05, 4.69) is 0 Å². The van der Waals surface area contributed by atoms with E-state index in [0.717, 1.165) is 0 Å². The highest BCUT2D eigenvalue weighted by atomic mass is 16.6. The minimum absolute atomic E-state index is 0.0117. The van der Waals surface area contributed by atoms with Crippen LogP contribution in [-0.2, 0) is 4.74 Å². The Morgan fingerprint density at radius 1 is 1.00 bits per heavy atom. The van der Waals surface area contributed by atoms with Crippen LogP contribution in [0.15, 0.2) is 36.4 Å². The number of nitrogens with two attached hydrogens (primary N) is 3. The van der Waals surface area contributed by atoms with Gasteiger partial charge in [-0.2, -0.15) is 0 Å². The summed E-state index contributed by atoms with van der Waals surface area (Å²) in [6.07, 6.45) is 0. The summed E-state index contributed by atoms with van der Waals surface area (Å²) in [4.78, 5) is 11.8. The van der Waals surface area contributed by atoms with Gasteiger partial charge < -0.3 is 31.8 Å². The average Bonchev–Trinajstić information content (AvgIpc) is 2.47. The van der Waals surface area contributed by atoms with Crippen LogP contribution < -0.4 is 21.9 Å². The van der Waals surface area contributed by atoms with Crippen molar-refractivity contribution in [3.05, 3.63) is 42.0 Å². The number of rotatable bonds is 5. The van der Waals surface area contributed by atoms with Crippen molar-refractivity contribution in [3.63, 3.8) is 0 Å². The van der Waals surface area contributed by atoms with E-state index in [1.54, 1.807) is 18.2 Å². The van der Waals surface area contributed by atoms with Gasteiger partial charge in [-0.25, -0.2) is 4.79 Å². The summed E-state index contributed by atoms with van der Waals surface area (Å²) in [6, 6.07) is 8.94. The fourth-order valence-corrected chi connectivity index (χ4v) is 1.78. The lowest BCUT2D eigenvalue weighted by Crippen LogP contribution is -2.14. The van der Waals surface area contributed by atoms with Gasteiger partial charge in [-0.3, -0.25) is 0 Å². The number of phenols is 1. The Kier molecular flexibility index (Phi) is 4.57. The minimum atomic E-state index is -0.637. The van der Waals surface area contributed by atoms with Crippen molar-refractivity contribution in [2.45, 2.75) is 0 Å². The van der Waals surface area contributed by atoms with Crippen molar-refractivity contribution >= 4 is 23.0 Å². The number of benzene rings is 2. The molecule has 2 rings (SSSR count). The molecule has 0 fully saturated rings. The van der Waals surface area contributed by atoms with E-state index in [1.807, 2.05) is 0 Å². The molecule has 7 N–H and O–H groups in total. The Balaban J connectivity index is 1.86. The lowest BCUT2D eigenvalue weighted by Gasteiger charge is -2.10. The quantitative estimate of drug-likeness (QED) is 0.283. The first-order chi connectivity index (χ1) is 10.5. The van der Waals surface area contributed by atoms with Crippen molar-refractivity contribution in [2.75, 3.05) is 30.4 Å². The molecule has 0 aliphatic heterocycles. The van der Waals surface area contributed by atoms with Gasteiger partial charge in [-0.15, -0.1) is 0 Å². The molecule has 2 aromatic carbocycles. The first kappa shape index (κ1) is 15.3. The van der Waals surface area contributed by atoms with Crippen molar-refractivity contribution in [3.8, 4) is 11.5 Å². The molecule has 0 heterocycles. The van der Waals surface area contributed by atoms with Crippen LogP contribution in [0.5, 0.6) is 11.5 Å². The third-order valence-corrected chi connectivity index (χ3v) is 2.86. The minimum Gasteiger partial charge on any atom is -0.508 e. The number of carbonyl (C=O) groups is 1. The second kappa shape index (κ2) is 6.57. The van der Waals surface area contributed by atoms with Crippen LogP contribution in [-0.4, -0.2) is 24.3 Å². The molecule has 0 amide bonds. The molecule has 0 saturated heterocycles. The zero-order valence-electron chi connectivity index (χ0n) is 11.8. The lowest BCUT2D eigenvalue weighted by molar-refractivity contribution is 0.0452. The average molecular weight is 303 g/mol. The maximum atomic E-state index is 11.8. The summed E-state index contributed by atoms with van der Waals surface area (Å²) in [5, 5.41) is 9.35. The van der Waals surface area contributed by atoms with Gasteiger partial charge in [0.1, 0.15) is 24.7 Å². The van der Waals surface area contributed by atoms with E-state index in [1.165, 1.54) is 18.2 Å². The Bertz CT molecular complexity index is 688. The molecular formula is C15H17N3O4. The molecule has 22 heavy (non-hydrogen) atoms. The van der Waals surface area contributed by atoms with Crippen molar-refractivity contribution in [1.82, 2.24) is 0 Å². The second-order valence-corrected chi connectivity index (χ2v) is 4.55. The number of hydrogen-bond acceptors (Lipinski definition) is 7. The number of nitrogen functional groups attached to an aromatic ring is 3. The monoisotopic (exact) mass is 303 g/mol. The van der Waals surface area contributed by atoms with Crippen molar-refractivity contribution in [2.24, 2.45) is 0 Å². The number of esters is 1. The molecular weight excluding hydrogens is 286 g/mol. The van der Waals surface area contributed by atoms with Crippen LogP contribution in [0.4, 0.5) is 17.1 Å². The first-order valence-electron chi connectivity index (χ1n) is 6.51. The molecule has 116 valence electrons. The summed E-state index contributed by atoms with van der Waals surface area (Å²) < 4.78 is 10.4. The van der Waals surface area contributed by atoms with Gasteiger partial charge >= 0.3 is 5.97 Å². The van der Waals surface area contributed by atoms with E-state index in [0.29, 0.717) is 17.1 Å². The summed E-state index contributed by atoms with van der Waals surface area (Å²) in [7, 11) is 0. The van der Waals surface area contributed by atoms with Gasteiger partial charge in [0.25, 0.3) is 0 Å². The Morgan fingerprint density at radius 2 is 1.77 bits per heavy atom. The molecule has 0 aliphatic rings. The van der Waals surface area contributed by atoms with E-state index in [-0.39, 0.29) is 30.2 Å². The highest BCUT2D eigenvalue weighted by molar-refractivity contribution is 5.95. The second-order valence-electron chi connectivity index (χ2n) is 4.55. The zero-order chi connectivity index (χ0) is 16.1. The maximum Gasteiger partial charge on any atom is 0.340 e. The van der Waals surface area contributed by atoms with Crippen LogP contribution in [0.1, 0.15) is 10.4 Å². The predicted octanol–water partition coefficient (Wildman–Crippen LogP) is 1.37. The van der Waals surface area contributed by atoms with Crippen LogP contribution >= 0.6 is 0 Å². The molecule has 0 saturated carbocycles. The summed E-state index contributed by atoms with van der Waals surface area (Å²) >= 11 is 0. The van der Waals surface area contributed by atoms with Crippen molar-refractivity contribution < 1.29 is 19.4 Å². The van der Waals surface area contributed by atoms with Gasteiger partial charge in [0.2, 0.25) is 0 Å². The molecule has 0 atom stereocenters. The van der Waals surface area contributed by atoms with Crippen LogP contribution in [0.25, 0.3) is 0 Å². The van der Waals surface area contributed by atoms with Crippen LogP contribution in [0.3, 0.4) is 0 Å². The van der Waals surface area contributed by atoms with Gasteiger partial charge in [0.15, 0.2) is 0 Å². The normalized spacial score (nSPS) is 10.2. The number of ether oxygens (including phenoxy) is 2. The molecule has 0 bridgehead atoms. The lowest BCUT2D eigenvalue weighted by atomic mass is 10.2. The molecule has 0 radical (unpaired) electrons. The van der Waals surface area contributed by atoms with E-state index in [9.17, 15) is 9.90 Å². The van der Waals surface area contributed by atoms with Gasteiger partial charge in [-0.1, -0.05) is 0 Å². The van der Waals surface area contributed by atoms with Crippen molar-refractivity contribution in [1.29, 1.82) is 0 Å². The van der Waals surface area contributed by atoms with Gasteiger partial charge in [0, 0.05) is 11.4 Å². The number of phenolic OH excluding ortho intramolecular Hbond substituents is 1. The standard InChI is InChI=1S/C15H17N3O4/c16-9-1-4-14(13(18)7-9)21-5-6-22-15(20)11-8-10(19)2-3-12(11)17/h1-4,7-8,19H,5-6,16-18H2. The summed E-state index contributed by atoms with van der Waals surface area (Å²) in [5.74, 6) is -0.239. The van der Waals surface area contributed by atoms with E-state index in [4.69, 9.17) is 26.7 Å². The highest BCUT2D eigenvalue weighted by Crippen LogP contribution is 2.23. The van der Waals surface area contributed by atoms with E-state index >= 15 is 0 Å². The SMILES string of the molecule is Nc1ccc(OCCOC(=O)c2cc(O)ccc2N)c(N)c1. The van der Waals surface area contributed by atoms with Gasteiger partial charge in [0.05, 0.1) is 11.3 Å². The number of carbonyl (C=O) groups excluding carboxylic acids is 1. The van der Waals surface area contributed by atoms with E-state index < -0.39 is 5.97 Å². The molecule has 7 heteroatoms. The first-order valence-corrected chi connectivity index (χ1v) is 6.51. The summed E-state index contributed by atoms with van der Waals surface area (Å²) in [5.41, 5.74) is 18.2. The molecule has 0 aliphatic carbocycles. The maximum absolute atomic E-state index is 11.8. The Hall–Kier alpha value is -3.09. The fraction of sp³-hybridized carbons (Fsp3) is 0.133. The van der Waals surface area contributed by atoms with Crippen LogP contribution in [0, 0.1) is 0 Å². The molecule has 0 unspecified atom stereocenters. The fourth-order valence-electron chi connectivity index (χ4n) is 1.78. The number of anilines is 3. The third kappa shape index (κ3) is 3.72.